The minimum Gasteiger partial charge on any atom is -0.481 e. The van der Waals surface area contributed by atoms with Crippen molar-refractivity contribution in [3.8, 4) is 17.1 Å². The summed E-state index contributed by atoms with van der Waals surface area (Å²) < 4.78 is 5.20. The molecule has 4 heterocycles. The minimum absolute atomic E-state index is 0.531. The number of ether oxygens (including phenoxy) is 1. The molecule has 158 valence electrons. The van der Waals surface area contributed by atoms with Crippen molar-refractivity contribution in [1.82, 2.24) is 35.1 Å². The number of imidazole rings is 1. The molecule has 1 aromatic carbocycles. The van der Waals surface area contributed by atoms with Crippen molar-refractivity contribution in [2.24, 2.45) is 0 Å². The highest BCUT2D eigenvalue weighted by atomic mass is 16.5. The van der Waals surface area contributed by atoms with Gasteiger partial charge in [0.2, 0.25) is 11.8 Å². The van der Waals surface area contributed by atoms with Gasteiger partial charge in [-0.05, 0) is 29.8 Å². The van der Waals surface area contributed by atoms with E-state index >= 15 is 0 Å². The molecule has 0 radical (unpaired) electrons. The second-order valence-electron chi connectivity index (χ2n) is 7.46. The summed E-state index contributed by atoms with van der Waals surface area (Å²) in [6.07, 6.45) is 3.33. The summed E-state index contributed by atoms with van der Waals surface area (Å²) in [5.74, 6) is 1.95. The second-order valence-corrected chi connectivity index (χ2v) is 7.46. The Labute approximate surface area is 179 Å². The van der Waals surface area contributed by atoms with Gasteiger partial charge in [0.15, 0.2) is 0 Å². The van der Waals surface area contributed by atoms with Crippen LogP contribution in [0.5, 0.6) is 5.88 Å². The molecule has 9 nitrogen and oxygen atoms in total. The largest absolute Gasteiger partial charge is 0.481 e. The summed E-state index contributed by atoms with van der Waals surface area (Å²) in [5.41, 5.74) is 4.76. The van der Waals surface area contributed by atoms with Gasteiger partial charge in [-0.15, -0.1) is 0 Å². The predicted octanol–water partition coefficient (Wildman–Crippen LogP) is 2.57. The van der Waals surface area contributed by atoms with E-state index in [2.05, 4.69) is 52.6 Å². The smallest absolute Gasteiger partial charge is 0.216 e. The van der Waals surface area contributed by atoms with Gasteiger partial charge in [-0.1, -0.05) is 6.07 Å². The Morgan fingerprint density at radius 3 is 2.84 bits per heavy atom. The average Bonchev–Trinajstić information content (AvgIpc) is 3.21. The number of piperazine rings is 1. The van der Waals surface area contributed by atoms with Crippen LogP contribution in [0.25, 0.3) is 22.3 Å². The van der Waals surface area contributed by atoms with Gasteiger partial charge in [0.05, 0.1) is 23.8 Å². The highest BCUT2D eigenvalue weighted by Gasteiger charge is 2.11. The number of aromatic amines is 1. The first-order chi connectivity index (χ1) is 15.3. The molecule has 0 aliphatic carbocycles. The van der Waals surface area contributed by atoms with Crippen LogP contribution < -0.4 is 15.4 Å². The van der Waals surface area contributed by atoms with Gasteiger partial charge in [0, 0.05) is 50.6 Å². The molecule has 4 aromatic rings. The Hall–Kier alpha value is -3.56. The molecule has 3 aromatic heterocycles. The number of anilines is 2. The molecule has 3 N–H and O–H groups in total. The first-order valence-electron chi connectivity index (χ1n) is 10.3. The number of H-pyrrole nitrogens is 1. The zero-order valence-corrected chi connectivity index (χ0v) is 17.3. The van der Waals surface area contributed by atoms with E-state index < -0.39 is 0 Å². The molecule has 0 unspecified atom stereocenters. The molecule has 1 aliphatic heterocycles. The van der Waals surface area contributed by atoms with Gasteiger partial charge >= 0.3 is 0 Å². The maximum absolute atomic E-state index is 5.20. The molecule has 0 bridgehead atoms. The van der Waals surface area contributed by atoms with E-state index in [1.54, 1.807) is 7.11 Å². The lowest BCUT2D eigenvalue weighted by Gasteiger charge is -2.27. The third-order valence-corrected chi connectivity index (χ3v) is 5.32. The van der Waals surface area contributed by atoms with Gasteiger partial charge in [0.1, 0.15) is 12.1 Å². The monoisotopic (exact) mass is 416 g/mol. The molecular weight excluding hydrogens is 392 g/mol. The van der Waals surface area contributed by atoms with E-state index in [1.165, 1.54) is 11.9 Å². The quantitative estimate of drug-likeness (QED) is 0.441. The molecule has 9 heteroatoms. The Balaban J connectivity index is 1.34. The number of methoxy groups -OCH3 is 1. The molecule has 1 saturated heterocycles. The van der Waals surface area contributed by atoms with Crippen LogP contribution in [-0.2, 0) is 6.54 Å². The molecule has 1 aliphatic rings. The van der Waals surface area contributed by atoms with Crippen LogP contribution in [0.15, 0.2) is 48.9 Å². The minimum atomic E-state index is 0.531. The Morgan fingerprint density at radius 1 is 1.06 bits per heavy atom. The SMILES string of the molecule is COc1cc(-c2ccc3nc(Nc4cc(CN5CCNCC5)ccn4)[nH]c3c2)ncn1. The van der Waals surface area contributed by atoms with E-state index in [4.69, 9.17) is 4.74 Å². The van der Waals surface area contributed by atoms with Crippen molar-refractivity contribution >= 4 is 22.8 Å². The molecule has 0 amide bonds. The topological polar surface area (TPSA) is 104 Å². The van der Waals surface area contributed by atoms with Crippen molar-refractivity contribution in [3.05, 3.63) is 54.5 Å². The second kappa shape index (κ2) is 8.66. The fourth-order valence-corrected chi connectivity index (χ4v) is 3.73. The molecular formula is C22H24N8O. The Kier molecular flexibility index (Phi) is 5.42. The molecule has 1 fully saturated rings. The molecule has 0 saturated carbocycles. The third-order valence-electron chi connectivity index (χ3n) is 5.32. The average molecular weight is 416 g/mol. The van der Waals surface area contributed by atoms with Crippen LogP contribution in [0, 0.1) is 0 Å². The van der Waals surface area contributed by atoms with E-state index in [9.17, 15) is 0 Å². The van der Waals surface area contributed by atoms with Crippen molar-refractivity contribution in [2.75, 3.05) is 38.6 Å². The number of pyridine rings is 1. The molecule has 31 heavy (non-hydrogen) atoms. The zero-order chi connectivity index (χ0) is 21.0. The first-order valence-corrected chi connectivity index (χ1v) is 10.3. The lowest BCUT2D eigenvalue weighted by molar-refractivity contribution is 0.233. The van der Waals surface area contributed by atoms with E-state index in [1.807, 2.05) is 30.5 Å². The van der Waals surface area contributed by atoms with Gasteiger partial charge in [0.25, 0.3) is 0 Å². The van der Waals surface area contributed by atoms with Crippen LogP contribution in [0.2, 0.25) is 0 Å². The molecule has 0 atom stereocenters. The number of hydrogen-bond acceptors (Lipinski definition) is 8. The number of nitrogens with zero attached hydrogens (tertiary/aromatic N) is 5. The fourth-order valence-electron chi connectivity index (χ4n) is 3.73. The zero-order valence-electron chi connectivity index (χ0n) is 17.3. The van der Waals surface area contributed by atoms with Gasteiger partial charge < -0.3 is 20.4 Å². The Bertz CT molecular complexity index is 1190. The summed E-state index contributed by atoms with van der Waals surface area (Å²) in [6, 6.07) is 11.9. The van der Waals surface area contributed by atoms with Crippen molar-refractivity contribution < 1.29 is 4.74 Å². The normalized spacial score (nSPS) is 14.6. The highest BCUT2D eigenvalue weighted by Crippen LogP contribution is 2.25. The van der Waals surface area contributed by atoms with Crippen molar-refractivity contribution in [2.45, 2.75) is 6.54 Å². The third kappa shape index (κ3) is 4.47. The number of fused-ring (bicyclic) bond motifs is 1. The number of rotatable bonds is 6. The summed E-state index contributed by atoms with van der Waals surface area (Å²) in [6.45, 7) is 5.13. The lowest BCUT2D eigenvalue weighted by atomic mass is 10.1. The summed E-state index contributed by atoms with van der Waals surface area (Å²) in [7, 11) is 1.59. The van der Waals surface area contributed by atoms with Crippen molar-refractivity contribution in [3.63, 3.8) is 0 Å². The van der Waals surface area contributed by atoms with Gasteiger partial charge in [-0.3, -0.25) is 4.90 Å². The van der Waals surface area contributed by atoms with E-state index in [0.29, 0.717) is 11.8 Å². The summed E-state index contributed by atoms with van der Waals surface area (Å²) in [4.78, 5) is 23.3. The molecule has 5 rings (SSSR count). The number of nitrogens with one attached hydrogen (secondary N) is 3. The predicted molar refractivity (Wildman–Crippen MR) is 119 cm³/mol. The first kappa shape index (κ1) is 19.4. The standard InChI is InChI=1S/C22H24N8O/c1-31-21-12-18(25-14-26-21)16-2-3-17-19(11-16)28-22(27-17)29-20-10-15(4-5-24-20)13-30-8-6-23-7-9-30/h2-5,10-12,14,23H,6-9,13H2,1H3,(H2,24,27,28,29). The maximum Gasteiger partial charge on any atom is 0.216 e. The van der Waals surface area contributed by atoms with E-state index in [0.717, 1.165) is 60.8 Å². The van der Waals surface area contributed by atoms with Crippen LogP contribution in [0.3, 0.4) is 0 Å². The molecule has 0 spiro atoms. The summed E-state index contributed by atoms with van der Waals surface area (Å²) >= 11 is 0. The summed E-state index contributed by atoms with van der Waals surface area (Å²) in [5, 5.41) is 6.68. The highest BCUT2D eigenvalue weighted by molar-refractivity contribution is 5.83. The number of aromatic nitrogens is 5. The maximum atomic E-state index is 5.20. The fraction of sp³-hybridized carbons (Fsp3) is 0.273. The van der Waals surface area contributed by atoms with Crippen LogP contribution in [-0.4, -0.2) is 63.1 Å². The number of benzene rings is 1. The van der Waals surface area contributed by atoms with Gasteiger partial charge in [-0.2, -0.15) is 0 Å². The van der Waals surface area contributed by atoms with Crippen LogP contribution >= 0.6 is 0 Å². The van der Waals surface area contributed by atoms with Crippen LogP contribution in [0.4, 0.5) is 11.8 Å². The van der Waals surface area contributed by atoms with Crippen LogP contribution in [0.1, 0.15) is 5.56 Å². The lowest BCUT2D eigenvalue weighted by Crippen LogP contribution is -2.42. The Morgan fingerprint density at radius 2 is 1.97 bits per heavy atom. The van der Waals surface area contributed by atoms with E-state index in [-0.39, 0.29) is 0 Å². The number of hydrogen-bond donors (Lipinski definition) is 3. The van der Waals surface area contributed by atoms with Crippen molar-refractivity contribution in [1.29, 1.82) is 0 Å². The van der Waals surface area contributed by atoms with Gasteiger partial charge in [-0.25, -0.2) is 19.9 Å².